The third-order valence-corrected chi connectivity index (χ3v) is 8.94. The Morgan fingerprint density at radius 3 is 2.55 bits per heavy atom. The second-order valence-corrected chi connectivity index (χ2v) is 12.6. The molecular weight excluding hydrogens is 530 g/mol. The van der Waals surface area contributed by atoms with Gasteiger partial charge in [-0.1, -0.05) is 24.3 Å². The van der Waals surface area contributed by atoms with Crippen LogP contribution in [0.3, 0.4) is 0 Å². The van der Waals surface area contributed by atoms with Crippen LogP contribution in [0.15, 0.2) is 54.6 Å². The van der Waals surface area contributed by atoms with Gasteiger partial charge in [-0.05, 0) is 78.8 Å². The number of hydrogen-bond donors (Lipinski definition) is 1. The summed E-state index contributed by atoms with van der Waals surface area (Å²) < 4.78 is 43.5. The van der Waals surface area contributed by atoms with Gasteiger partial charge in [0.25, 0.3) is 0 Å². The van der Waals surface area contributed by atoms with Crippen molar-refractivity contribution < 1.29 is 32.5 Å². The molecule has 2 heterocycles. The molecule has 0 radical (unpaired) electrons. The number of carboxylic acids is 1. The van der Waals surface area contributed by atoms with Crippen molar-refractivity contribution in [2.24, 2.45) is 0 Å². The van der Waals surface area contributed by atoms with Crippen LogP contribution in [0, 0.1) is 13.8 Å². The lowest BCUT2D eigenvalue weighted by Gasteiger charge is -2.23. The van der Waals surface area contributed by atoms with Crippen molar-refractivity contribution in [1.29, 1.82) is 0 Å². The summed E-state index contributed by atoms with van der Waals surface area (Å²) in [6, 6.07) is 17.7. The topological polar surface area (TPSA) is 102 Å². The molecule has 1 saturated heterocycles. The molecule has 0 amide bonds. The number of aryl methyl sites for hydroxylation is 2. The lowest BCUT2D eigenvalue weighted by atomic mass is 9.94. The monoisotopic (exact) mass is 565 g/mol. The van der Waals surface area contributed by atoms with Gasteiger partial charge in [-0.3, -0.25) is 4.79 Å². The van der Waals surface area contributed by atoms with E-state index in [0.717, 1.165) is 52.0 Å². The molecular formula is C31H35NO7S. The maximum atomic E-state index is 12.0. The average Bonchev–Trinajstić information content (AvgIpc) is 3.53. The largest absolute Gasteiger partial charge is 0.492 e. The Kier molecular flexibility index (Phi) is 8.05. The van der Waals surface area contributed by atoms with Crippen molar-refractivity contribution in [2.45, 2.75) is 51.7 Å². The summed E-state index contributed by atoms with van der Waals surface area (Å²) in [6.07, 6.45) is 2.97. The van der Waals surface area contributed by atoms with Gasteiger partial charge in [-0.2, -0.15) is 4.31 Å². The number of benzene rings is 3. The average molecular weight is 566 g/mol. The highest BCUT2D eigenvalue weighted by molar-refractivity contribution is 7.88. The predicted molar refractivity (Wildman–Crippen MR) is 153 cm³/mol. The van der Waals surface area contributed by atoms with Crippen molar-refractivity contribution in [3.05, 3.63) is 76.9 Å². The molecule has 0 aliphatic carbocycles. The molecule has 0 aromatic heterocycles. The lowest BCUT2D eigenvalue weighted by Crippen LogP contribution is -2.38. The van der Waals surface area contributed by atoms with Gasteiger partial charge >= 0.3 is 5.97 Å². The molecule has 5 rings (SSSR count). The normalized spacial score (nSPS) is 18.8. The Bertz CT molecular complexity index is 1490. The maximum absolute atomic E-state index is 12.0. The zero-order chi connectivity index (χ0) is 28.4. The van der Waals surface area contributed by atoms with E-state index in [4.69, 9.17) is 19.3 Å². The van der Waals surface area contributed by atoms with E-state index < -0.39 is 16.0 Å². The number of rotatable bonds is 10. The van der Waals surface area contributed by atoms with Gasteiger partial charge in [0, 0.05) is 24.1 Å². The zero-order valence-electron chi connectivity index (χ0n) is 23.1. The standard InChI is InChI=1S/C31H35NO7S/c1-20-12-27(38-19-25-8-5-11-32(25)40(3,35)36)13-21(2)31(20)23-7-4-6-22(14-23)17-37-26-9-10-28-24(15-30(33)34)18-39-29(28)16-26/h4,6-7,9-10,12-14,16,24-25H,5,8,11,15,17-19H2,1-3H3,(H,33,34)/t24-,25-/m1/s1. The fourth-order valence-corrected chi connectivity index (χ4v) is 6.95. The summed E-state index contributed by atoms with van der Waals surface area (Å²) >= 11 is 0. The summed E-state index contributed by atoms with van der Waals surface area (Å²) in [4.78, 5) is 11.1. The minimum atomic E-state index is -3.23. The minimum absolute atomic E-state index is 0.0498. The number of ether oxygens (including phenoxy) is 3. The first-order chi connectivity index (χ1) is 19.1. The fourth-order valence-electron chi connectivity index (χ4n) is 5.78. The molecule has 1 fully saturated rings. The molecule has 212 valence electrons. The second-order valence-electron chi connectivity index (χ2n) is 10.7. The van der Waals surface area contributed by atoms with Crippen LogP contribution in [0.5, 0.6) is 17.2 Å². The Labute approximate surface area is 235 Å². The Balaban J connectivity index is 1.25. The number of sulfonamides is 1. The van der Waals surface area contributed by atoms with Crippen molar-refractivity contribution in [1.82, 2.24) is 4.31 Å². The van der Waals surface area contributed by atoms with Crippen LogP contribution in [0.1, 0.15) is 47.4 Å². The number of carbonyl (C=O) groups is 1. The van der Waals surface area contributed by atoms with Crippen LogP contribution in [0.25, 0.3) is 11.1 Å². The van der Waals surface area contributed by atoms with Gasteiger partial charge in [0.15, 0.2) is 0 Å². The quantitative estimate of drug-likeness (QED) is 0.356. The molecule has 3 aromatic carbocycles. The summed E-state index contributed by atoms with van der Waals surface area (Å²) in [5, 5.41) is 9.11. The van der Waals surface area contributed by atoms with Crippen LogP contribution in [-0.4, -0.2) is 55.9 Å². The Morgan fingerprint density at radius 1 is 1.05 bits per heavy atom. The second kappa shape index (κ2) is 11.5. The van der Waals surface area contributed by atoms with Crippen LogP contribution in [-0.2, 0) is 21.4 Å². The maximum Gasteiger partial charge on any atom is 0.304 e. The predicted octanol–water partition coefficient (Wildman–Crippen LogP) is 5.30. The fraction of sp³-hybridized carbons (Fsp3) is 0.387. The number of fused-ring (bicyclic) bond motifs is 1. The number of carboxylic acid groups (broad SMARTS) is 1. The Morgan fingerprint density at radius 2 is 1.82 bits per heavy atom. The molecule has 0 unspecified atom stereocenters. The number of nitrogens with zero attached hydrogens (tertiary/aromatic N) is 1. The van der Waals surface area contributed by atoms with E-state index in [0.29, 0.717) is 37.9 Å². The van der Waals surface area contributed by atoms with Gasteiger partial charge in [0.2, 0.25) is 10.0 Å². The van der Waals surface area contributed by atoms with Crippen LogP contribution < -0.4 is 14.2 Å². The van der Waals surface area contributed by atoms with Gasteiger partial charge in [-0.15, -0.1) is 0 Å². The Hall–Kier alpha value is -3.56. The minimum Gasteiger partial charge on any atom is -0.492 e. The first kappa shape index (κ1) is 28.0. The first-order valence-corrected chi connectivity index (χ1v) is 15.3. The van der Waals surface area contributed by atoms with E-state index in [1.54, 1.807) is 4.31 Å². The zero-order valence-corrected chi connectivity index (χ0v) is 23.9. The number of hydrogen-bond acceptors (Lipinski definition) is 6. The van der Waals surface area contributed by atoms with E-state index >= 15 is 0 Å². The van der Waals surface area contributed by atoms with E-state index in [2.05, 4.69) is 26.0 Å². The molecule has 0 spiro atoms. The molecule has 2 atom stereocenters. The molecule has 0 bridgehead atoms. The molecule has 3 aromatic rings. The van der Waals surface area contributed by atoms with Gasteiger partial charge in [0.05, 0.1) is 25.3 Å². The van der Waals surface area contributed by atoms with Gasteiger partial charge < -0.3 is 19.3 Å². The smallest absolute Gasteiger partial charge is 0.304 e. The highest BCUT2D eigenvalue weighted by atomic mass is 32.2. The lowest BCUT2D eigenvalue weighted by molar-refractivity contribution is -0.137. The SMILES string of the molecule is Cc1cc(OC[C@H]2CCCN2S(C)(=O)=O)cc(C)c1-c1cccc(COc2ccc3c(c2)OC[C@H]3CC(=O)O)c1. The van der Waals surface area contributed by atoms with E-state index in [-0.39, 0.29) is 18.4 Å². The van der Waals surface area contributed by atoms with Crippen LogP contribution >= 0.6 is 0 Å². The van der Waals surface area contributed by atoms with Gasteiger partial charge in [0.1, 0.15) is 30.5 Å². The van der Waals surface area contributed by atoms with Gasteiger partial charge in [-0.25, -0.2) is 8.42 Å². The summed E-state index contributed by atoms with van der Waals surface area (Å²) in [6.45, 7) is 5.75. The highest BCUT2D eigenvalue weighted by Gasteiger charge is 2.32. The number of aliphatic carboxylic acids is 1. The van der Waals surface area contributed by atoms with Crippen molar-refractivity contribution in [3.8, 4) is 28.4 Å². The van der Waals surface area contributed by atoms with E-state index in [1.807, 2.05) is 42.5 Å². The van der Waals surface area contributed by atoms with Crippen molar-refractivity contribution in [2.75, 3.05) is 26.0 Å². The molecule has 2 aliphatic heterocycles. The molecule has 9 heteroatoms. The summed E-state index contributed by atoms with van der Waals surface area (Å²) in [7, 11) is -3.23. The van der Waals surface area contributed by atoms with E-state index in [1.165, 1.54) is 6.26 Å². The molecule has 0 saturated carbocycles. The van der Waals surface area contributed by atoms with Crippen molar-refractivity contribution in [3.63, 3.8) is 0 Å². The summed E-state index contributed by atoms with van der Waals surface area (Å²) in [5.41, 5.74) is 6.28. The third-order valence-electron chi connectivity index (χ3n) is 7.60. The molecule has 1 N–H and O–H groups in total. The van der Waals surface area contributed by atoms with Crippen molar-refractivity contribution >= 4 is 16.0 Å². The molecule has 40 heavy (non-hydrogen) atoms. The van der Waals surface area contributed by atoms with E-state index in [9.17, 15) is 13.2 Å². The first-order valence-electron chi connectivity index (χ1n) is 13.5. The summed E-state index contributed by atoms with van der Waals surface area (Å²) in [5.74, 6) is 1.13. The van der Waals surface area contributed by atoms with Crippen LogP contribution in [0.4, 0.5) is 0 Å². The van der Waals surface area contributed by atoms with Crippen LogP contribution in [0.2, 0.25) is 0 Å². The third kappa shape index (κ3) is 6.26. The molecule has 2 aliphatic rings. The highest BCUT2D eigenvalue weighted by Crippen LogP contribution is 2.38. The molecule has 8 nitrogen and oxygen atoms in total.